The molecule has 0 spiro atoms. The van der Waals surface area contributed by atoms with E-state index in [1.165, 1.54) is 4.31 Å². The monoisotopic (exact) mass is 207 g/mol. The Kier molecular flexibility index (Phi) is 2.28. The second-order valence-corrected chi connectivity index (χ2v) is 4.88. The van der Waals surface area contributed by atoms with Gasteiger partial charge >= 0.3 is 0 Å². The van der Waals surface area contributed by atoms with Gasteiger partial charge in [-0.3, -0.25) is 0 Å². The first kappa shape index (κ1) is 9.35. The topological polar surface area (TPSA) is 84.7 Å². The van der Waals surface area contributed by atoms with Crippen molar-refractivity contribution in [3.8, 4) is 0 Å². The van der Waals surface area contributed by atoms with Gasteiger partial charge in [0.15, 0.2) is 0 Å². The fourth-order valence-electron chi connectivity index (χ4n) is 1.77. The molecule has 7 heteroatoms. The molecule has 0 saturated carbocycles. The van der Waals surface area contributed by atoms with Crippen LogP contribution < -0.4 is 10.5 Å². The van der Waals surface area contributed by atoms with Crippen LogP contribution in [0.3, 0.4) is 0 Å². The molecule has 0 aromatic heterocycles. The maximum absolute atomic E-state index is 11.0. The fourth-order valence-corrected chi connectivity index (χ4v) is 2.49. The van der Waals surface area contributed by atoms with Crippen LogP contribution in [0.2, 0.25) is 0 Å². The molecule has 76 valence electrons. The molecule has 0 aromatic rings. The van der Waals surface area contributed by atoms with Crippen molar-refractivity contribution in [1.29, 1.82) is 0 Å². The van der Waals surface area contributed by atoms with Crippen LogP contribution in [0.1, 0.15) is 0 Å². The smallest absolute Gasteiger partial charge is 0.277 e. The summed E-state index contributed by atoms with van der Waals surface area (Å²) in [4.78, 5) is 0. The average molecular weight is 207 g/mol. The minimum Gasteiger partial charge on any atom is -0.374 e. The van der Waals surface area contributed by atoms with E-state index in [4.69, 9.17) is 9.88 Å². The molecule has 2 aliphatic rings. The number of nitrogens with zero attached hydrogens (tertiary/aromatic N) is 1. The Labute approximate surface area is 77.2 Å². The fraction of sp³-hybridized carbons (Fsp3) is 1.00. The van der Waals surface area contributed by atoms with Gasteiger partial charge in [-0.25, -0.2) is 5.14 Å². The minimum atomic E-state index is -3.55. The second-order valence-electron chi connectivity index (χ2n) is 3.33. The molecule has 2 aliphatic heterocycles. The highest BCUT2D eigenvalue weighted by Gasteiger charge is 2.39. The zero-order chi connectivity index (χ0) is 9.47. The van der Waals surface area contributed by atoms with Gasteiger partial charge in [-0.1, -0.05) is 0 Å². The zero-order valence-electron chi connectivity index (χ0n) is 7.14. The molecule has 0 radical (unpaired) electrons. The summed E-state index contributed by atoms with van der Waals surface area (Å²) in [7, 11) is -3.55. The van der Waals surface area contributed by atoms with E-state index >= 15 is 0 Å². The minimum absolute atomic E-state index is 0.0351. The second kappa shape index (κ2) is 3.18. The summed E-state index contributed by atoms with van der Waals surface area (Å²) in [5.74, 6) is 0. The van der Waals surface area contributed by atoms with E-state index in [1.54, 1.807) is 0 Å². The predicted molar refractivity (Wildman–Crippen MR) is 46.2 cm³/mol. The van der Waals surface area contributed by atoms with Crippen LogP contribution in [0.4, 0.5) is 0 Å². The first-order valence-electron chi connectivity index (χ1n) is 4.20. The zero-order valence-corrected chi connectivity index (χ0v) is 7.96. The van der Waals surface area contributed by atoms with Crippen molar-refractivity contribution in [3.63, 3.8) is 0 Å². The van der Waals surface area contributed by atoms with Crippen molar-refractivity contribution in [2.75, 3.05) is 26.2 Å². The molecule has 0 aliphatic carbocycles. The number of hydrogen-bond acceptors (Lipinski definition) is 4. The summed E-state index contributed by atoms with van der Waals surface area (Å²) in [6.45, 7) is 2.21. The van der Waals surface area contributed by atoms with Gasteiger partial charge in [-0.2, -0.15) is 12.7 Å². The van der Waals surface area contributed by atoms with Crippen LogP contribution in [0.5, 0.6) is 0 Å². The molecule has 2 heterocycles. The maximum atomic E-state index is 11.0. The number of ether oxygens (including phenoxy) is 1. The Morgan fingerprint density at radius 2 is 2.23 bits per heavy atom. The molecule has 0 amide bonds. The summed E-state index contributed by atoms with van der Waals surface area (Å²) in [6, 6.07) is 0.104. The van der Waals surface area contributed by atoms with Gasteiger partial charge in [-0.15, -0.1) is 0 Å². The number of hydrogen-bond donors (Lipinski definition) is 2. The van der Waals surface area contributed by atoms with E-state index in [1.807, 2.05) is 0 Å². The summed E-state index contributed by atoms with van der Waals surface area (Å²) >= 11 is 0. The van der Waals surface area contributed by atoms with Crippen molar-refractivity contribution in [1.82, 2.24) is 9.62 Å². The van der Waals surface area contributed by atoms with Crippen molar-refractivity contribution in [2.24, 2.45) is 5.14 Å². The lowest BCUT2D eigenvalue weighted by molar-refractivity contribution is 0.0194. The molecule has 2 atom stereocenters. The van der Waals surface area contributed by atoms with E-state index in [9.17, 15) is 8.42 Å². The Hall–Kier alpha value is -0.210. The molecule has 0 aromatic carbocycles. The lowest BCUT2D eigenvalue weighted by Gasteiger charge is -2.25. The van der Waals surface area contributed by atoms with Crippen LogP contribution in [0.15, 0.2) is 0 Å². The van der Waals surface area contributed by atoms with Crippen molar-refractivity contribution in [3.05, 3.63) is 0 Å². The summed E-state index contributed by atoms with van der Waals surface area (Å²) in [6.07, 6.45) is -0.0351. The molecular weight excluding hydrogens is 194 g/mol. The van der Waals surface area contributed by atoms with E-state index in [0.717, 1.165) is 6.54 Å². The van der Waals surface area contributed by atoms with E-state index in [0.29, 0.717) is 19.7 Å². The van der Waals surface area contributed by atoms with Crippen LogP contribution in [0.25, 0.3) is 0 Å². The molecular formula is C6H13N3O3S. The highest BCUT2D eigenvalue weighted by atomic mass is 32.2. The van der Waals surface area contributed by atoms with Gasteiger partial charge in [0, 0.05) is 25.7 Å². The normalized spacial score (nSPS) is 36.1. The molecule has 2 unspecified atom stereocenters. The van der Waals surface area contributed by atoms with Gasteiger partial charge in [0.25, 0.3) is 10.2 Å². The summed E-state index contributed by atoms with van der Waals surface area (Å²) in [5.41, 5.74) is 0. The van der Waals surface area contributed by atoms with E-state index in [2.05, 4.69) is 5.32 Å². The van der Waals surface area contributed by atoms with E-state index in [-0.39, 0.29) is 12.1 Å². The molecule has 2 rings (SSSR count). The third-order valence-electron chi connectivity index (χ3n) is 2.43. The van der Waals surface area contributed by atoms with E-state index < -0.39 is 10.2 Å². The molecule has 13 heavy (non-hydrogen) atoms. The number of fused-ring (bicyclic) bond motifs is 1. The van der Waals surface area contributed by atoms with Crippen LogP contribution in [0, 0.1) is 0 Å². The quantitative estimate of drug-likeness (QED) is 0.514. The van der Waals surface area contributed by atoms with Crippen LogP contribution >= 0.6 is 0 Å². The van der Waals surface area contributed by atoms with Gasteiger partial charge < -0.3 is 10.1 Å². The summed E-state index contributed by atoms with van der Waals surface area (Å²) in [5, 5.41) is 8.21. The van der Waals surface area contributed by atoms with Gasteiger partial charge in [-0.05, 0) is 0 Å². The Morgan fingerprint density at radius 1 is 1.46 bits per heavy atom. The SMILES string of the molecule is NS(=O)(=O)N1CC2NCCOC2C1. The van der Waals surface area contributed by atoms with Crippen LogP contribution in [-0.4, -0.2) is 51.1 Å². The standard InChI is InChI=1S/C6H13N3O3S/c7-13(10,11)9-3-5-6(4-9)12-2-1-8-5/h5-6,8H,1-4H2,(H2,7,10,11). The van der Waals surface area contributed by atoms with Gasteiger partial charge in [0.05, 0.1) is 12.7 Å². The van der Waals surface area contributed by atoms with Gasteiger partial charge in [0.1, 0.15) is 0 Å². The Balaban J connectivity index is 2.07. The number of nitrogens with one attached hydrogen (secondary N) is 1. The van der Waals surface area contributed by atoms with Crippen molar-refractivity contribution >= 4 is 10.2 Å². The first-order valence-corrected chi connectivity index (χ1v) is 5.70. The predicted octanol–water partition coefficient (Wildman–Crippen LogP) is -2.14. The Bertz CT molecular complexity index is 277. The molecule has 3 N–H and O–H groups in total. The largest absolute Gasteiger partial charge is 0.374 e. The highest BCUT2D eigenvalue weighted by molar-refractivity contribution is 7.86. The average Bonchev–Trinajstić information content (AvgIpc) is 2.45. The third-order valence-corrected chi connectivity index (χ3v) is 3.45. The highest BCUT2D eigenvalue weighted by Crippen LogP contribution is 2.17. The lowest BCUT2D eigenvalue weighted by atomic mass is 10.2. The molecule has 6 nitrogen and oxygen atoms in total. The molecule has 0 bridgehead atoms. The third kappa shape index (κ3) is 1.84. The first-order chi connectivity index (χ1) is 6.07. The van der Waals surface area contributed by atoms with Crippen molar-refractivity contribution < 1.29 is 13.2 Å². The van der Waals surface area contributed by atoms with Crippen LogP contribution in [-0.2, 0) is 14.9 Å². The lowest BCUT2D eigenvalue weighted by Crippen LogP contribution is -2.47. The molecule has 2 saturated heterocycles. The number of morpholine rings is 1. The Morgan fingerprint density at radius 3 is 2.85 bits per heavy atom. The van der Waals surface area contributed by atoms with Crippen molar-refractivity contribution in [2.45, 2.75) is 12.1 Å². The molecule has 2 fully saturated rings. The number of nitrogens with two attached hydrogens (primary N) is 1. The summed E-state index contributed by atoms with van der Waals surface area (Å²) < 4.78 is 28.6. The maximum Gasteiger partial charge on any atom is 0.277 e. The van der Waals surface area contributed by atoms with Gasteiger partial charge in [0.2, 0.25) is 0 Å². The number of rotatable bonds is 1.